The predicted molar refractivity (Wildman–Crippen MR) is 157 cm³/mol. The molecule has 4 atom stereocenters. The standard InChI is InChI=1S/C33H34ClFN2O2/c1-21(38)4-5-23-15-28(35)19-30(16-23)37(33(39)31-17-22-6-7-26(31)14-22)20-27-9-8-25(18-32(27)34)24-10-12-29(13-11-24)36(2)3/h4-5,8-13,15-16,18-19,22,26,31H,6-7,14,17,20H2,1-3H3/b5-4+/t22-,26+,31-/m1/s1/i20D/t20?,22-,26+,31-. The number of halogens is 2. The van der Waals surface area contributed by atoms with Gasteiger partial charge in [-0.1, -0.05) is 48.4 Å². The van der Waals surface area contributed by atoms with Crippen molar-refractivity contribution in [3.05, 3.63) is 88.7 Å². The highest BCUT2D eigenvalue weighted by atomic mass is 35.5. The number of hydrogen-bond donors (Lipinski definition) is 0. The van der Waals surface area contributed by atoms with E-state index in [0.29, 0.717) is 28.0 Å². The van der Waals surface area contributed by atoms with Crippen LogP contribution >= 0.6 is 11.6 Å². The molecule has 6 heteroatoms. The molecule has 1 amide bonds. The maximum absolute atomic E-state index is 14.8. The average molecular weight is 546 g/mol. The third kappa shape index (κ3) is 6.09. The number of amides is 1. The summed E-state index contributed by atoms with van der Waals surface area (Å²) in [7, 11) is 3.97. The molecule has 39 heavy (non-hydrogen) atoms. The summed E-state index contributed by atoms with van der Waals surface area (Å²) < 4.78 is 24.1. The second kappa shape index (κ2) is 11.4. The number of allylic oxidation sites excluding steroid dienone is 1. The Morgan fingerprint density at radius 1 is 1.00 bits per heavy atom. The fourth-order valence-electron chi connectivity index (χ4n) is 5.94. The molecule has 0 heterocycles. The first-order chi connectivity index (χ1) is 19.1. The number of carbonyl (C=O) groups excluding carboxylic acids is 2. The second-order valence-electron chi connectivity index (χ2n) is 11.0. The quantitative estimate of drug-likeness (QED) is 0.271. The molecular formula is C33H34ClFN2O2. The fraction of sp³-hybridized carbons (Fsp3) is 0.333. The van der Waals surface area contributed by atoms with Crippen molar-refractivity contribution in [1.82, 2.24) is 0 Å². The molecule has 3 aromatic carbocycles. The Balaban J connectivity index is 1.51. The first-order valence-corrected chi connectivity index (χ1v) is 13.8. The Kier molecular flexibility index (Phi) is 7.51. The van der Waals surface area contributed by atoms with E-state index in [1.807, 2.05) is 55.4 Å². The van der Waals surface area contributed by atoms with Crippen molar-refractivity contribution < 1.29 is 15.4 Å². The molecular weight excluding hydrogens is 511 g/mol. The molecule has 5 rings (SSSR count). The summed E-state index contributed by atoms with van der Waals surface area (Å²) in [5, 5.41) is 0.369. The van der Waals surface area contributed by atoms with E-state index in [1.54, 1.807) is 12.1 Å². The van der Waals surface area contributed by atoms with Gasteiger partial charge in [-0.15, -0.1) is 0 Å². The van der Waals surface area contributed by atoms with Gasteiger partial charge in [-0.2, -0.15) is 0 Å². The lowest BCUT2D eigenvalue weighted by Crippen LogP contribution is -2.38. The molecule has 4 nitrogen and oxygen atoms in total. The minimum Gasteiger partial charge on any atom is -0.378 e. The maximum Gasteiger partial charge on any atom is 0.230 e. The number of benzene rings is 3. The van der Waals surface area contributed by atoms with Gasteiger partial charge in [-0.05, 0) is 103 Å². The van der Waals surface area contributed by atoms with Crippen LogP contribution in [-0.2, 0) is 16.1 Å². The van der Waals surface area contributed by atoms with Gasteiger partial charge in [0, 0.05) is 36.4 Å². The van der Waals surface area contributed by atoms with Crippen LogP contribution in [0.2, 0.25) is 5.02 Å². The molecule has 202 valence electrons. The Morgan fingerprint density at radius 3 is 2.36 bits per heavy atom. The lowest BCUT2D eigenvalue weighted by atomic mass is 9.87. The van der Waals surface area contributed by atoms with Gasteiger partial charge in [-0.3, -0.25) is 9.59 Å². The molecule has 2 aliphatic rings. The zero-order valence-corrected chi connectivity index (χ0v) is 23.3. The smallest absolute Gasteiger partial charge is 0.230 e. The molecule has 0 spiro atoms. The summed E-state index contributed by atoms with van der Waals surface area (Å²) in [6.45, 7) is 0.250. The second-order valence-corrected chi connectivity index (χ2v) is 11.4. The molecule has 0 radical (unpaired) electrons. The van der Waals surface area contributed by atoms with Crippen LogP contribution in [-0.4, -0.2) is 25.8 Å². The number of ketones is 1. The van der Waals surface area contributed by atoms with Gasteiger partial charge in [0.05, 0.1) is 7.89 Å². The number of hydrogen-bond acceptors (Lipinski definition) is 3. The summed E-state index contributed by atoms with van der Waals surface area (Å²) in [4.78, 5) is 29.0. The Morgan fingerprint density at radius 2 is 1.74 bits per heavy atom. The Bertz CT molecular complexity index is 1460. The number of anilines is 2. The zero-order chi connectivity index (χ0) is 28.6. The van der Waals surface area contributed by atoms with Gasteiger partial charge >= 0.3 is 0 Å². The van der Waals surface area contributed by atoms with E-state index in [-0.39, 0.29) is 23.3 Å². The van der Waals surface area contributed by atoms with E-state index in [0.717, 1.165) is 42.5 Å². The average Bonchev–Trinajstić information content (AvgIpc) is 3.56. The highest BCUT2D eigenvalue weighted by Crippen LogP contribution is 2.49. The number of nitrogens with zero attached hydrogens (tertiary/aromatic N) is 2. The normalized spacial score (nSPS) is 21.2. The summed E-state index contributed by atoms with van der Waals surface area (Å²) in [5.74, 6) is -0.240. The van der Waals surface area contributed by atoms with E-state index >= 15 is 0 Å². The van der Waals surface area contributed by atoms with Crippen LogP contribution < -0.4 is 9.80 Å². The minimum atomic E-state index is -1.17. The number of carbonyl (C=O) groups is 2. The number of fused-ring (bicyclic) bond motifs is 2. The van der Waals surface area contributed by atoms with Crippen molar-refractivity contribution in [2.75, 3.05) is 23.9 Å². The van der Waals surface area contributed by atoms with Crippen LogP contribution in [0.3, 0.4) is 0 Å². The van der Waals surface area contributed by atoms with Crippen LogP contribution in [0, 0.1) is 23.6 Å². The van der Waals surface area contributed by atoms with Crippen molar-refractivity contribution in [3.63, 3.8) is 0 Å². The van der Waals surface area contributed by atoms with Gasteiger partial charge in [0.2, 0.25) is 5.91 Å². The van der Waals surface area contributed by atoms with Crippen LogP contribution in [0.1, 0.15) is 45.1 Å². The molecule has 3 aromatic rings. The molecule has 0 saturated heterocycles. The minimum absolute atomic E-state index is 0.165. The van der Waals surface area contributed by atoms with Gasteiger partial charge in [-0.25, -0.2) is 4.39 Å². The zero-order valence-electron chi connectivity index (χ0n) is 23.5. The predicted octanol–water partition coefficient (Wildman–Crippen LogP) is 7.78. The Labute approximate surface area is 236 Å². The lowest BCUT2D eigenvalue weighted by Gasteiger charge is -2.30. The SMILES string of the molecule is [2H]C(c1ccc(-c2ccc(N(C)C)cc2)cc1Cl)N(C(=O)[C@@H]1C[C@@H]2CC[C@H]1C2)c1cc(F)cc(/C=C/C(C)=O)c1. The maximum atomic E-state index is 14.8. The molecule has 0 aliphatic heterocycles. The van der Waals surface area contributed by atoms with E-state index in [1.165, 1.54) is 36.1 Å². The molecule has 2 bridgehead atoms. The topological polar surface area (TPSA) is 40.6 Å². The van der Waals surface area contributed by atoms with Crippen LogP contribution in [0.25, 0.3) is 17.2 Å². The van der Waals surface area contributed by atoms with Crippen molar-refractivity contribution in [1.29, 1.82) is 0 Å². The van der Waals surface area contributed by atoms with Crippen LogP contribution in [0.4, 0.5) is 15.8 Å². The van der Waals surface area contributed by atoms with Crippen molar-refractivity contribution in [2.24, 2.45) is 17.8 Å². The highest BCUT2D eigenvalue weighted by molar-refractivity contribution is 6.31. The van der Waals surface area contributed by atoms with Crippen molar-refractivity contribution in [2.45, 2.75) is 39.1 Å². The van der Waals surface area contributed by atoms with E-state index in [9.17, 15) is 15.4 Å². The van der Waals surface area contributed by atoms with Crippen molar-refractivity contribution in [3.8, 4) is 11.1 Å². The summed E-state index contributed by atoms with van der Waals surface area (Å²) in [6.07, 6.45) is 6.87. The molecule has 2 aliphatic carbocycles. The number of rotatable bonds is 8. The molecule has 0 aromatic heterocycles. The van der Waals surface area contributed by atoms with Gasteiger partial charge < -0.3 is 9.80 Å². The van der Waals surface area contributed by atoms with Crippen LogP contribution in [0.5, 0.6) is 0 Å². The summed E-state index contributed by atoms with van der Waals surface area (Å²) >= 11 is 6.77. The van der Waals surface area contributed by atoms with Gasteiger partial charge in [0.25, 0.3) is 0 Å². The van der Waals surface area contributed by atoms with Crippen molar-refractivity contribution >= 4 is 40.7 Å². The summed E-state index contributed by atoms with van der Waals surface area (Å²) in [6, 6.07) is 17.9. The molecule has 2 saturated carbocycles. The molecule has 2 fully saturated rings. The fourth-order valence-corrected chi connectivity index (χ4v) is 6.17. The molecule has 0 N–H and O–H groups in total. The van der Waals surface area contributed by atoms with E-state index in [2.05, 4.69) is 0 Å². The molecule has 1 unspecified atom stereocenters. The Hall–Kier alpha value is -3.44. The highest BCUT2D eigenvalue weighted by Gasteiger charge is 2.44. The van der Waals surface area contributed by atoms with Gasteiger partial charge in [0.1, 0.15) is 5.82 Å². The first-order valence-electron chi connectivity index (χ1n) is 14.0. The first kappa shape index (κ1) is 25.8. The van der Waals surface area contributed by atoms with Crippen LogP contribution in [0.15, 0.2) is 66.7 Å². The third-order valence-electron chi connectivity index (χ3n) is 7.97. The summed E-state index contributed by atoms with van der Waals surface area (Å²) in [5.41, 5.74) is 4.18. The van der Waals surface area contributed by atoms with Gasteiger partial charge in [0.15, 0.2) is 5.78 Å². The van der Waals surface area contributed by atoms with E-state index in [4.69, 9.17) is 11.6 Å². The third-order valence-corrected chi connectivity index (χ3v) is 8.30. The lowest BCUT2D eigenvalue weighted by molar-refractivity contribution is -0.124. The largest absolute Gasteiger partial charge is 0.378 e. The van der Waals surface area contributed by atoms with E-state index < -0.39 is 12.3 Å². The monoisotopic (exact) mass is 545 g/mol.